The SMILES string of the molecule is C#CCC(N)C(=O)NC(Cc1ccccc1)C(=O)OC. The fraction of sp³-hybridized carbons (Fsp3) is 0.333. The van der Waals surface area contributed by atoms with E-state index in [-0.39, 0.29) is 6.42 Å². The zero-order valence-corrected chi connectivity index (χ0v) is 11.3. The highest BCUT2D eigenvalue weighted by atomic mass is 16.5. The van der Waals surface area contributed by atoms with Crippen LogP contribution in [0.3, 0.4) is 0 Å². The minimum absolute atomic E-state index is 0.116. The summed E-state index contributed by atoms with van der Waals surface area (Å²) in [6, 6.07) is 7.71. The van der Waals surface area contributed by atoms with Gasteiger partial charge in [0.05, 0.1) is 13.2 Å². The van der Waals surface area contributed by atoms with Crippen molar-refractivity contribution in [2.75, 3.05) is 7.11 Å². The van der Waals surface area contributed by atoms with Gasteiger partial charge >= 0.3 is 5.97 Å². The van der Waals surface area contributed by atoms with Crippen molar-refractivity contribution >= 4 is 11.9 Å². The van der Waals surface area contributed by atoms with Gasteiger partial charge in [0.15, 0.2) is 0 Å². The van der Waals surface area contributed by atoms with E-state index in [9.17, 15) is 9.59 Å². The first kappa shape index (κ1) is 15.7. The lowest BCUT2D eigenvalue weighted by molar-refractivity contribution is -0.145. The summed E-state index contributed by atoms with van der Waals surface area (Å²) in [5.74, 6) is 1.33. The van der Waals surface area contributed by atoms with E-state index in [1.165, 1.54) is 7.11 Å². The molecule has 0 saturated heterocycles. The average Bonchev–Trinajstić information content (AvgIpc) is 2.47. The second-order valence-corrected chi connectivity index (χ2v) is 4.29. The van der Waals surface area contributed by atoms with Gasteiger partial charge in [0.2, 0.25) is 5.91 Å². The summed E-state index contributed by atoms with van der Waals surface area (Å²) in [5.41, 5.74) is 6.52. The Morgan fingerprint density at radius 1 is 1.40 bits per heavy atom. The predicted octanol–water partition coefficient (Wildman–Crippen LogP) is 0.237. The Kier molecular flexibility index (Phi) is 6.27. The molecule has 5 heteroatoms. The molecule has 0 heterocycles. The lowest BCUT2D eigenvalue weighted by Crippen LogP contribution is -2.49. The number of rotatable bonds is 6. The Morgan fingerprint density at radius 3 is 2.60 bits per heavy atom. The third-order valence-electron chi connectivity index (χ3n) is 2.76. The fourth-order valence-electron chi connectivity index (χ4n) is 1.68. The van der Waals surface area contributed by atoms with E-state index >= 15 is 0 Å². The zero-order valence-electron chi connectivity index (χ0n) is 11.3. The highest BCUT2D eigenvalue weighted by molar-refractivity contribution is 5.87. The van der Waals surface area contributed by atoms with Crippen LogP contribution in [0.2, 0.25) is 0 Å². The van der Waals surface area contributed by atoms with E-state index in [0.29, 0.717) is 6.42 Å². The number of hydrogen-bond acceptors (Lipinski definition) is 4. The van der Waals surface area contributed by atoms with Gasteiger partial charge in [-0.3, -0.25) is 4.79 Å². The summed E-state index contributed by atoms with van der Waals surface area (Å²) in [4.78, 5) is 23.5. The molecular formula is C15H18N2O3. The summed E-state index contributed by atoms with van der Waals surface area (Å²) in [6.45, 7) is 0. The maximum atomic E-state index is 11.8. The van der Waals surface area contributed by atoms with Crippen LogP contribution in [0.15, 0.2) is 30.3 Å². The van der Waals surface area contributed by atoms with Gasteiger partial charge in [-0.05, 0) is 5.56 Å². The van der Waals surface area contributed by atoms with Gasteiger partial charge in [-0.2, -0.15) is 0 Å². The van der Waals surface area contributed by atoms with Gasteiger partial charge in [-0.25, -0.2) is 4.79 Å². The number of ether oxygens (including phenoxy) is 1. The van der Waals surface area contributed by atoms with Crippen LogP contribution in [0.1, 0.15) is 12.0 Å². The van der Waals surface area contributed by atoms with Gasteiger partial charge in [-0.1, -0.05) is 30.3 Å². The lowest BCUT2D eigenvalue weighted by Gasteiger charge is -2.18. The quantitative estimate of drug-likeness (QED) is 0.575. The third-order valence-corrected chi connectivity index (χ3v) is 2.76. The molecule has 0 bridgehead atoms. The van der Waals surface area contributed by atoms with Crippen LogP contribution in [0.5, 0.6) is 0 Å². The number of benzene rings is 1. The summed E-state index contributed by atoms with van der Waals surface area (Å²) in [6.07, 6.45) is 5.56. The molecule has 0 aromatic heterocycles. The molecule has 3 N–H and O–H groups in total. The number of hydrogen-bond donors (Lipinski definition) is 2. The standard InChI is InChI=1S/C15H18N2O3/c1-3-7-12(16)14(18)17-13(15(19)20-2)10-11-8-5-4-6-9-11/h1,4-6,8-9,12-13H,7,10,16H2,2H3,(H,17,18). The lowest BCUT2D eigenvalue weighted by atomic mass is 10.1. The number of carbonyl (C=O) groups excluding carboxylic acids is 2. The Morgan fingerprint density at radius 2 is 2.05 bits per heavy atom. The minimum Gasteiger partial charge on any atom is -0.467 e. The molecule has 106 valence electrons. The molecule has 1 aromatic rings. The Labute approximate surface area is 118 Å². The largest absolute Gasteiger partial charge is 0.467 e. The molecule has 0 saturated carbocycles. The smallest absolute Gasteiger partial charge is 0.328 e. The first-order valence-electron chi connectivity index (χ1n) is 6.19. The molecule has 1 amide bonds. The van der Waals surface area contributed by atoms with E-state index in [4.69, 9.17) is 16.9 Å². The van der Waals surface area contributed by atoms with Crippen molar-refractivity contribution in [3.05, 3.63) is 35.9 Å². The number of terminal acetylenes is 1. The fourth-order valence-corrected chi connectivity index (χ4v) is 1.68. The van der Waals surface area contributed by atoms with Crippen molar-refractivity contribution in [2.45, 2.75) is 24.9 Å². The molecule has 0 aliphatic heterocycles. The molecule has 5 nitrogen and oxygen atoms in total. The van der Waals surface area contributed by atoms with Crippen LogP contribution in [0, 0.1) is 12.3 Å². The molecule has 0 aliphatic carbocycles. The van der Waals surface area contributed by atoms with Crippen molar-refractivity contribution in [1.29, 1.82) is 0 Å². The van der Waals surface area contributed by atoms with Crippen molar-refractivity contribution in [3.63, 3.8) is 0 Å². The van der Waals surface area contributed by atoms with Crippen LogP contribution < -0.4 is 11.1 Å². The maximum Gasteiger partial charge on any atom is 0.328 e. The van der Waals surface area contributed by atoms with Gasteiger partial charge in [0.25, 0.3) is 0 Å². The molecule has 0 radical (unpaired) electrons. The summed E-state index contributed by atoms with van der Waals surface area (Å²) >= 11 is 0. The first-order chi connectivity index (χ1) is 9.58. The Hall–Kier alpha value is -2.32. The van der Waals surface area contributed by atoms with Gasteiger partial charge in [-0.15, -0.1) is 12.3 Å². The molecule has 1 aromatic carbocycles. The molecule has 0 aliphatic rings. The number of nitrogens with one attached hydrogen (secondary N) is 1. The van der Waals surface area contributed by atoms with Crippen molar-refractivity contribution in [2.24, 2.45) is 5.73 Å². The van der Waals surface area contributed by atoms with Gasteiger partial charge in [0.1, 0.15) is 6.04 Å². The molecule has 0 fully saturated rings. The normalized spacial score (nSPS) is 12.8. The van der Waals surface area contributed by atoms with Crippen molar-refractivity contribution in [3.8, 4) is 12.3 Å². The monoisotopic (exact) mass is 274 g/mol. The summed E-state index contributed by atoms with van der Waals surface area (Å²) in [7, 11) is 1.27. The van der Waals surface area contributed by atoms with E-state index in [0.717, 1.165) is 5.56 Å². The third kappa shape index (κ3) is 4.75. The highest BCUT2D eigenvalue weighted by Crippen LogP contribution is 2.05. The molecule has 20 heavy (non-hydrogen) atoms. The molecule has 2 unspecified atom stereocenters. The second kappa shape index (κ2) is 7.97. The van der Waals surface area contributed by atoms with Gasteiger partial charge < -0.3 is 15.8 Å². The number of carbonyl (C=O) groups is 2. The number of methoxy groups -OCH3 is 1. The van der Waals surface area contributed by atoms with E-state index in [1.54, 1.807) is 0 Å². The predicted molar refractivity (Wildman–Crippen MR) is 75.5 cm³/mol. The van der Waals surface area contributed by atoms with Crippen LogP contribution in [0.25, 0.3) is 0 Å². The Balaban J connectivity index is 2.73. The van der Waals surface area contributed by atoms with Crippen molar-refractivity contribution < 1.29 is 14.3 Å². The van der Waals surface area contributed by atoms with Crippen LogP contribution in [0.4, 0.5) is 0 Å². The number of esters is 1. The van der Waals surface area contributed by atoms with Crippen molar-refractivity contribution in [1.82, 2.24) is 5.32 Å². The van der Waals surface area contributed by atoms with E-state index < -0.39 is 24.0 Å². The summed E-state index contributed by atoms with van der Waals surface area (Å²) < 4.78 is 4.69. The molecule has 1 rings (SSSR count). The topological polar surface area (TPSA) is 81.4 Å². The van der Waals surface area contributed by atoms with Gasteiger partial charge in [0, 0.05) is 12.8 Å². The van der Waals surface area contributed by atoms with Crippen LogP contribution in [-0.4, -0.2) is 31.1 Å². The number of nitrogens with two attached hydrogens (primary N) is 1. The van der Waals surface area contributed by atoms with E-state index in [2.05, 4.69) is 11.2 Å². The second-order valence-electron chi connectivity index (χ2n) is 4.29. The zero-order chi connectivity index (χ0) is 15.0. The molecule has 2 atom stereocenters. The van der Waals surface area contributed by atoms with Crippen LogP contribution in [-0.2, 0) is 20.7 Å². The Bertz CT molecular complexity index is 494. The summed E-state index contributed by atoms with van der Waals surface area (Å²) in [5, 5.41) is 2.57. The first-order valence-corrected chi connectivity index (χ1v) is 6.19. The average molecular weight is 274 g/mol. The van der Waals surface area contributed by atoms with E-state index in [1.807, 2.05) is 30.3 Å². The molecular weight excluding hydrogens is 256 g/mol. The molecule has 0 spiro atoms. The highest BCUT2D eigenvalue weighted by Gasteiger charge is 2.24. The number of amides is 1. The minimum atomic E-state index is -0.831. The van der Waals surface area contributed by atoms with Crippen LogP contribution >= 0.6 is 0 Å². The maximum absolute atomic E-state index is 11.8.